The molecule has 1 aromatic heterocycles. The number of rotatable bonds is 6. The summed E-state index contributed by atoms with van der Waals surface area (Å²) in [7, 11) is -3.23. The van der Waals surface area contributed by atoms with E-state index >= 15 is 0 Å². The van der Waals surface area contributed by atoms with Gasteiger partial charge in [0.25, 0.3) is 5.91 Å². The zero-order valence-electron chi connectivity index (χ0n) is 15.3. The maximum Gasteiger partial charge on any atom is 0.267 e. The molecular weight excluding hydrogens is 356 g/mol. The molecule has 146 valence electrons. The first-order valence-electron chi connectivity index (χ1n) is 9.17. The van der Waals surface area contributed by atoms with Gasteiger partial charge >= 0.3 is 0 Å². The Kier molecular flexibility index (Phi) is 6.33. The smallest absolute Gasteiger partial charge is 0.267 e. The van der Waals surface area contributed by atoms with Crippen molar-refractivity contribution in [1.29, 1.82) is 0 Å². The highest BCUT2D eigenvalue weighted by Gasteiger charge is 2.24. The maximum atomic E-state index is 12.5. The van der Waals surface area contributed by atoms with Gasteiger partial charge in [-0.1, -0.05) is 0 Å². The minimum Gasteiger partial charge on any atom is -0.379 e. The minimum absolute atomic E-state index is 0.0916. The highest BCUT2D eigenvalue weighted by molar-refractivity contribution is 7.88. The molecule has 2 aliphatic rings. The second-order valence-corrected chi connectivity index (χ2v) is 8.86. The quantitative estimate of drug-likeness (QED) is 0.704. The number of nitrogens with one attached hydrogen (secondary N) is 1. The third-order valence-electron chi connectivity index (χ3n) is 4.94. The van der Waals surface area contributed by atoms with E-state index in [1.807, 2.05) is 10.6 Å². The molecule has 1 saturated heterocycles. The van der Waals surface area contributed by atoms with E-state index in [1.54, 1.807) is 6.07 Å². The lowest BCUT2D eigenvalue weighted by Gasteiger charge is -2.26. The highest BCUT2D eigenvalue weighted by atomic mass is 32.2. The van der Waals surface area contributed by atoms with Crippen LogP contribution in [0.15, 0.2) is 12.1 Å². The van der Waals surface area contributed by atoms with Crippen LogP contribution in [0.1, 0.15) is 29.0 Å². The van der Waals surface area contributed by atoms with Crippen molar-refractivity contribution >= 4 is 15.9 Å². The van der Waals surface area contributed by atoms with Crippen LogP contribution >= 0.6 is 0 Å². The maximum absolute atomic E-state index is 12.5. The molecule has 2 aliphatic heterocycles. The number of sulfonamides is 1. The number of amides is 1. The number of hydrogen-bond donors (Lipinski definition) is 1. The average molecular weight is 385 g/mol. The van der Waals surface area contributed by atoms with Gasteiger partial charge in [-0.2, -0.15) is 4.31 Å². The summed E-state index contributed by atoms with van der Waals surface area (Å²) in [6.07, 6.45) is 2.83. The first-order valence-corrected chi connectivity index (χ1v) is 11.0. The Hall–Kier alpha value is -1.42. The molecule has 1 fully saturated rings. The molecule has 1 amide bonds. The van der Waals surface area contributed by atoms with E-state index in [-0.39, 0.29) is 5.91 Å². The van der Waals surface area contributed by atoms with Crippen molar-refractivity contribution < 1.29 is 17.9 Å². The van der Waals surface area contributed by atoms with Gasteiger partial charge in [-0.15, -0.1) is 0 Å². The zero-order chi connectivity index (χ0) is 18.6. The summed E-state index contributed by atoms with van der Waals surface area (Å²) in [5.41, 5.74) is 1.48. The number of morpholine rings is 1. The summed E-state index contributed by atoms with van der Waals surface area (Å²) in [6.45, 7) is 6.54. The topological polar surface area (TPSA) is 83.9 Å². The van der Waals surface area contributed by atoms with Crippen molar-refractivity contribution in [1.82, 2.24) is 19.1 Å². The van der Waals surface area contributed by atoms with E-state index in [0.717, 1.165) is 45.0 Å². The number of carbonyl (C=O) groups excluding carboxylic acids is 1. The van der Waals surface area contributed by atoms with Crippen molar-refractivity contribution in [2.75, 3.05) is 52.2 Å². The molecule has 0 aromatic carbocycles. The van der Waals surface area contributed by atoms with Crippen LogP contribution in [0.4, 0.5) is 0 Å². The highest BCUT2D eigenvalue weighted by Crippen LogP contribution is 2.18. The zero-order valence-corrected chi connectivity index (χ0v) is 16.1. The Bertz CT molecular complexity index is 725. The molecule has 0 spiro atoms. The van der Waals surface area contributed by atoms with Gasteiger partial charge < -0.3 is 14.6 Å². The van der Waals surface area contributed by atoms with Gasteiger partial charge in [0.05, 0.1) is 26.0 Å². The first kappa shape index (κ1) is 19.3. The monoisotopic (exact) mass is 384 g/mol. The van der Waals surface area contributed by atoms with E-state index in [1.165, 1.54) is 10.6 Å². The molecular formula is C17H28N4O4S. The van der Waals surface area contributed by atoms with Crippen molar-refractivity contribution in [3.8, 4) is 0 Å². The number of nitrogens with zero attached hydrogens (tertiary/aromatic N) is 3. The SMILES string of the molecule is CS(=O)(=O)N1CCCn2c(ccc2C(=O)NCCCN2CCOCC2)C1. The van der Waals surface area contributed by atoms with Crippen LogP contribution in [0, 0.1) is 0 Å². The van der Waals surface area contributed by atoms with Gasteiger partial charge in [0, 0.05) is 38.4 Å². The van der Waals surface area contributed by atoms with Crippen molar-refractivity contribution in [2.24, 2.45) is 0 Å². The molecule has 1 aromatic rings. The fraction of sp³-hybridized carbons (Fsp3) is 0.706. The van der Waals surface area contributed by atoms with Crippen LogP contribution in [-0.4, -0.2) is 80.3 Å². The number of aromatic nitrogens is 1. The molecule has 0 unspecified atom stereocenters. The number of carbonyl (C=O) groups is 1. The predicted molar refractivity (Wildman–Crippen MR) is 98.5 cm³/mol. The normalized spacial score (nSPS) is 19.7. The number of hydrogen-bond acceptors (Lipinski definition) is 5. The van der Waals surface area contributed by atoms with Gasteiger partial charge in [-0.05, 0) is 31.5 Å². The Morgan fingerprint density at radius 1 is 1.19 bits per heavy atom. The average Bonchev–Trinajstić information content (AvgIpc) is 2.88. The molecule has 1 N–H and O–H groups in total. The number of ether oxygens (including phenoxy) is 1. The van der Waals surface area contributed by atoms with Crippen LogP contribution in [0.3, 0.4) is 0 Å². The van der Waals surface area contributed by atoms with Gasteiger partial charge in [0.1, 0.15) is 5.69 Å². The van der Waals surface area contributed by atoms with Crippen LogP contribution in [0.5, 0.6) is 0 Å². The van der Waals surface area contributed by atoms with Crippen molar-refractivity contribution in [3.63, 3.8) is 0 Å². The lowest BCUT2D eigenvalue weighted by molar-refractivity contribution is 0.0374. The summed E-state index contributed by atoms with van der Waals surface area (Å²) in [5.74, 6) is -0.0916. The van der Waals surface area contributed by atoms with E-state index in [2.05, 4.69) is 10.2 Å². The Labute approximate surface area is 155 Å². The second kappa shape index (κ2) is 8.51. The molecule has 3 rings (SSSR count). The standard InChI is InChI=1S/C17H28N4O4S/c1-26(23,24)20-8-3-9-21-15(14-20)4-5-16(21)17(22)18-6-2-7-19-10-12-25-13-11-19/h4-5H,2-3,6-14H2,1H3,(H,18,22). The van der Waals surface area contributed by atoms with E-state index < -0.39 is 10.0 Å². The van der Waals surface area contributed by atoms with Crippen LogP contribution in [0.25, 0.3) is 0 Å². The van der Waals surface area contributed by atoms with Crippen molar-refractivity contribution in [2.45, 2.75) is 25.9 Å². The van der Waals surface area contributed by atoms with Gasteiger partial charge in [-0.25, -0.2) is 8.42 Å². The first-order chi connectivity index (χ1) is 12.4. The fourth-order valence-corrected chi connectivity index (χ4v) is 4.31. The largest absolute Gasteiger partial charge is 0.379 e. The lowest BCUT2D eigenvalue weighted by atomic mass is 10.3. The molecule has 0 atom stereocenters. The van der Waals surface area contributed by atoms with Crippen LogP contribution in [0.2, 0.25) is 0 Å². The Morgan fingerprint density at radius 3 is 2.69 bits per heavy atom. The van der Waals surface area contributed by atoms with Crippen LogP contribution in [-0.2, 0) is 27.8 Å². The molecule has 8 nitrogen and oxygen atoms in total. The third-order valence-corrected chi connectivity index (χ3v) is 6.19. The van der Waals surface area contributed by atoms with Crippen LogP contribution < -0.4 is 5.32 Å². The minimum atomic E-state index is -3.23. The Balaban J connectivity index is 1.53. The second-order valence-electron chi connectivity index (χ2n) is 6.88. The summed E-state index contributed by atoms with van der Waals surface area (Å²) < 4.78 is 32.4. The van der Waals surface area contributed by atoms with E-state index in [9.17, 15) is 13.2 Å². The molecule has 0 aliphatic carbocycles. The molecule has 9 heteroatoms. The lowest BCUT2D eigenvalue weighted by Crippen LogP contribution is -2.38. The van der Waals surface area contributed by atoms with Gasteiger partial charge in [0.2, 0.25) is 10.0 Å². The molecule has 0 saturated carbocycles. The number of fused-ring (bicyclic) bond motifs is 1. The van der Waals surface area contributed by atoms with Gasteiger partial charge in [0.15, 0.2) is 0 Å². The molecule has 0 radical (unpaired) electrons. The molecule has 3 heterocycles. The molecule has 26 heavy (non-hydrogen) atoms. The predicted octanol–water partition coefficient (Wildman–Crippen LogP) is 0.106. The third kappa shape index (κ3) is 4.85. The summed E-state index contributed by atoms with van der Waals surface area (Å²) in [5, 5.41) is 2.99. The van der Waals surface area contributed by atoms with E-state index in [4.69, 9.17) is 4.74 Å². The Morgan fingerprint density at radius 2 is 1.96 bits per heavy atom. The van der Waals surface area contributed by atoms with Crippen molar-refractivity contribution in [3.05, 3.63) is 23.5 Å². The summed E-state index contributed by atoms with van der Waals surface area (Å²) >= 11 is 0. The summed E-state index contributed by atoms with van der Waals surface area (Å²) in [4.78, 5) is 14.9. The molecule has 0 bridgehead atoms. The van der Waals surface area contributed by atoms with Gasteiger partial charge in [-0.3, -0.25) is 9.69 Å². The van der Waals surface area contributed by atoms with E-state index in [0.29, 0.717) is 38.3 Å². The summed E-state index contributed by atoms with van der Waals surface area (Å²) in [6, 6.07) is 3.64. The fourth-order valence-electron chi connectivity index (χ4n) is 3.48.